The zero-order chi connectivity index (χ0) is 11.1. The van der Waals surface area contributed by atoms with Crippen molar-refractivity contribution in [2.45, 2.75) is 19.4 Å². The minimum atomic E-state index is -0.761. The van der Waals surface area contributed by atoms with Crippen LogP contribution in [0.5, 0.6) is 5.75 Å². The van der Waals surface area contributed by atoms with Gasteiger partial charge in [-0.15, -0.1) is 0 Å². The Morgan fingerprint density at radius 3 is 2.67 bits per heavy atom. The van der Waals surface area contributed by atoms with Gasteiger partial charge in [0, 0.05) is 0 Å². The van der Waals surface area contributed by atoms with Crippen molar-refractivity contribution in [2.24, 2.45) is 4.99 Å². The average Bonchev–Trinajstić information content (AvgIpc) is 2.27. The fraction of sp³-hybridized carbons (Fsp3) is 0.273. The van der Waals surface area contributed by atoms with Gasteiger partial charge < -0.3 is 4.74 Å². The second-order valence-electron chi connectivity index (χ2n) is 2.88. The van der Waals surface area contributed by atoms with E-state index in [4.69, 9.17) is 4.74 Å². The number of rotatable bonds is 4. The molecule has 0 bridgehead atoms. The lowest BCUT2D eigenvalue weighted by Crippen LogP contribution is -2.23. The molecule has 0 spiro atoms. The summed E-state index contributed by atoms with van der Waals surface area (Å²) in [5.41, 5.74) is 0. The fourth-order valence-corrected chi connectivity index (χ4v) is 1.05. The molecule has 0 aliphatic rings. The number of esters is 1. The van der Waals surface area contributed by atoms with Crippen LogP contribution < -0.4 is 4.74 Å². The lowest BCUT2D eigenvalue weighted by Gasteiger charge is -2.07. The first-order chi connectivity index (χ1) is 7.27. The van der Waals surface area contributed by atoms with Gasteiger partial charge in [0.15, 0.2) is 6.04 Å². The molecule has 0 fully saturated rings. The molecular formula is C11H11NO3. The van der Waals surface area contributed by atoms with Crippen molar-refractivity contribution in [1.29, 1.82) is 0 Å². The van der Waals surface area contributed by atoms with Crippen molar-refractivity contribution >= 4 is 12.0 Å². The standard InChI is InChI=1S/C11H11NO3/c1-2-10(12-8-13)11(14)15-9-6-4-3-5-7-9/h3-7,10H,2H2,1H3/t10-/m0/s1. The fourth-order valence-electron chi connectivity index (χ4n) is 1.05. The van der Waals surface area contributed by atoms with Crippen molar-refractivity contribution < 1.29 is 14.3 Å². The highest BCUT2D eigenvalue weighted by Crippen LogP contribution is 2.10. The van der Waals surface area contributed by atoms with Crippen LogP contribution in [0.25, 0.3) is 0 Å². The predicted octanol–water partition coefficient (Wildman–Crippen LogP) is 1.71. The molecule has 4 nitrogen and oxygen atoms in total. The third-order valence-corrected chi connectivity index (χ3v) is 1.83. The third-order valence-electron chi connectivity index (χ3n) is 1.83. The van der Waals surface area contributed by atoms with Crippen LogP contribution in [0.15, 0.2) is 35.3 Å². The molecule has 0 N–H and O–H groups in total. The van der Waals surface area contributed by atoms with Crippen molar-refractivity contribution in [3.63, 3.8) is 0 Å². The van der Waals surface area contributed by atoms with E-state index in [1.54, 1.807) is 31.2 Å². The molecule has 1 rings (SSSR count). The lowest BCUT2D eigenvalue weighted by molar-refractivity contribution is -0.135. The smallest absolute Gasteiger partial charge is 0.337 e. The highest BCUT2D eigenvalue weighted by Gasteiger charge is 2.17. The van der Waals surface area contributed by atoms with Crippen molar-refractivity contribution in [3.8, 4) is 5.75 Å². The molecule has 1 aromatic carbocycles. The van der Waals surface area contributed by atoms with Crippen molar-refractivity contribution in [2.75, 3.05) is 0 Å². The summed E-state index contributed by atoms with van der Waals surface area (Å²) in [4.78, 5) is 24.8. The summed E-state index contributed by atoms with van der Waals surface area (Å²) in [7, 11) is 0. The number of aliphatic imine (C=N–C) groups is 1. The molecule has 0 saturated heterocycles. The zero-order valence-corrected chi connectivity index (χ0v) is 8.34. The van der Waals surface area contributed by atoms with Crippen LogP contribution in [0, 0.1) is 0 Å². The lowest BCUT2D eigenvalue weighted by atomic mass is 10.2. The first-order valence-corrected chi connectivity index (χ1v) is 4.61. The van der Waals surface area contributed by atoms with Gasteiger partial charge in [0.2, 0.25) is 6.08 Å². The van der Waals surface area contributed by atoms with Gasteiger partial charge >= 0.3 is 5.97 Å². The van der Waals surface area contributed by atoms with Crippen molar-refractivity contribution in [1.82, 2.24) is 0 Å². The summed E-state index contributed by atoms with van der Waals surface area (Å²) in [6, 6.07) is 7.89. The highest BCUT2D eigenvalue weighted by atomic mass is 16.5. The average molecular weight is 205 g/mol. The van der Waals surface area contributed by atoms with E-state index < -0.39 is 12.0 Å². The largest absolute Gasteiger partial charge is 0.425 e. The van der Waals surface area contributed by atoms with Crippen LogP contribution in [0.2, 0.25) is 0 Å². The summed E-state index contributed by atoms with van der Waals surface area (Å²) in [5.74, 6) is -0.0888. The first kappa shape index (κ1) is 11.1. The number of carbonyl (C=O) groups is 1. The van der Waals surface area contributed by atoms with E-state index >= 15 is 0 Å². The second-order valence-corrected chi connectivity index (χ2v) is 2.88. The van der Waals surface area contributed by atoms with Gasteiger partial charge in [-0.25, -0.2) is 9.59 Å². The number of para-hydroxylation sites is 1. The Morgan fingerprint density at radius 1 is 1.47 bits per heavy atom. The van der Waals surface area contributed by atoms with E-state index in [0.717, 1.165) is 0 Å². The Labute approximate surface area is 87.6 Å². The number of hydrogen-bond donors (Lipinski definition) is 0. The maximum atomic E-state index is 11.4. The highest BCUT2D eigenvalue weighted by molar-refractivity contribution is 5.79. The number of carbonyl (C=O) groups excluding carboxylic acids is 2. The van der Waals surface area contributed by atoms with Gasteiger partial charge in [-0.05, 0) is 18.6 Å². The molecule has 0 saturated carbocycles. The Morgan fingerprint density at radius 2 is 2.13 bits per heavy atom. The minimum Gasteiger partial charge on any atom is -0.425 e. The van der Waals surface area contributed by atoms with E-state index in [1.165, 1.54) is 6.08 Å². The normalized spacial score (nSPS) is 11.3. The molecule has 15 heavy (non-hydrogen) atoms. The Kier molecular flexibility index (Phi) is 4.26. The Hall–Kier alpha value is -1.93. The summed E-state index contributed by atoms with van der Waals surface area (Å²) < 4.78 is 5.01. The molecule has 1 atom stereocenters. The molecule has 0 amide bonds. The van der Waals surface area contributed by atoms with E-state index in [0.29, 0.717) is 12.2 Å². The zero-order valence-electron chi connectivity index (χ0n) is 8.34. The van der Waals surface area contributed by atoms with Gasteiger partial charge in [-0.1, -0.05) is 25.1 Å². The number of benzene rings is 1. The summed E-state index contributed by atoms with van der Waals surface area (Å²) >= 11 is 0. The summed E-state index contributed by atoms with van der Waals surface area (Å²) in [6.07, 6.45) is 1.78. The van der Waals surface area contributed by atoms with Crippen LogP contribution in [-0.2, 0) is 9.59 Å². The molecule has 4 heteroatoms. The summed E-state index contributed by atoms with van der Waals surface area (Å²) in [5, 5.41) is 0. The minimum absolute atomic E-state index is 0.418. The Balaban J connectivity index is 2.66. The number of hydrogen-bond acceptors (Lipinski definition) is 4. The van der Waals surface area contributed by atoms with Crippen LogP contribution in [0.1, 0.15) is 13.3 Å². The van der Waals surface area contributed by atoms with E-state index in [2.05, 4.69) is 4.99 Å². The maximum Gasteiger partial charge on any atom is 0.337 e. The molecule has 0 radical (unpaired) electrons. The maximum absolute atomic E-state index is 11.4. The molecule has 0 heterocycles. The van der Waals surface area contributed by atoms with Gasteiger partial charge in [0.25, 0.3) is 0 Å². The molecule has 0 unspecified atom stereocenters. The number of ether oxygens (including phenoxy) is 1. The monoisotopic (exact) mass is 205 g/mol. The number of isocyanates is 1. The quantitative estimate of drug-likeness (QED) is 0.325. The molecule has 0 aliphatic carbocycles. The van der Waals surface area contributed by atoms with Gasteiger partial charge in [0.05, 0.1) is 0 Å². The topological polar surface area (TPSA) is 55.7 Å². The summed E-state index contributed by atoms with van der Waals surface area (Å²) in [6.45, 7) is 1.75. The van der Waals surface area contributed by atoms with Crippen LogP contribution >= 0.6 is 0 Å². The molecule has 0 aromatic heterocycles. The van der Waals surface area contributed by atoms with E-state index in [1.807, 2.05) is 6.07 Å². The molecule has 0 aliphatic heterocycles. The Bertz CT molecular complexity index is 369. The SMILES string of the molecule is CC[C@H](N=C=O)C(=O)Oc1ccccc1. The first-order valence-electron chi connectivity index (χ1n) is 4.61. The van der Waals surface area contributed by atoms with Crippen molar-refractivity contribution in [3.05, 3.63) is 30.3 Å². The third kappa shape index (κ3) is 3.37. The van der Waals surface area contributed by atoms with Crippen LogP contribution in [0.4, 0.5) is 0 Å². The molecular weight excluding hydrogens is 194 g/mol. The van der Waals surface area contributed by atoms with Crippen LogP contribution in [0.3, 0.4) is 0 Å². The second kappa shape index (κ2) is 5.73. The predicted molar refractivity (Wildman–Crippen MR) is 54.3 cm³/mol. The van der Waals surface area contributed by atoms with E-state index in [9.17, 15) is 9.59 Å². The van der Waals surface area contributed by atoms with Gasteiger partial charge in [-0.3, -0.25) is 0 Å². The van der Waals surface area contributed by atoms with Crippen LogP contribution in [-0.4, -0.2) is 18.1 Å². The molecule has 78 valence electrons. The van der Waals surface area contributed by atoms with Gasteiger partial charge in [-0.2, -0.15) is 4.99 Å². The number of nitrogens with zero attached hydrogens (tertiary/aromatic N) is 1. The molecule has 1 aromatic rings. The van der Waals surface area contributed by atoms with Gasteiger partial charge in [0.1, 0.15) is 5.75 Å². The van der Waals surface area contributed by atoms with E-state index in [-0.39, 0.29) is 0 Å².